The van der Waals surface area contributed by atoms with Gasteiger partial charge >= 0.3 is 0 Å². The van der Waals surface area contributed by atoms with Crippen molar-refractivity contribution in [2.24, 2.45) is 5.92 Å². The average Bonchev–Trinajstić information content (AvgIpc) is 3.38. The number of rotatable bonds is 6. The Morgan fingerprint density at radius 2 is 2.10 bits per heavy atom. The second kappa shape index (κ2) is 8.53. The van der Waals surface area contributed by atoms with Crippen LogP contribution in [0, 0.1) is 5.92 Å². The third kappa shape index (κ3) is 4.04. The molecule has 0 saturated heterocycles. The first-order valence-corrected chi connectivity index (χ1v) is 12.0. The first kappa shape index (κ1) is 21.1. The van der Waals surface area contributed by atoms with Crippen molar-refractivity contribution in [2.75, 3.05) is 6.54 Å². The van der Waals surface area contributed by atoms with E-state index in [-0.39, 0.29) is 17.9 Å². The van der Waals surface area contributed by atoms with Gasteiger partial charge in [-0.3, -0.25) is 14.3 Å². The lowest BCUT2D eigenvalue weighted by molar-refractivity contribution is -0.134. The Morgan fingerprint density at radius 3 is 2.77 bits per heavy atom. The molecule has 0 aromatic carbocycles. The normalized spacial score (nSPS) is 22.4. The van der Waals surface area contributed by atoms with E-state index in [2.05, 4.69) is 19.2 Å². The molecule has 1 aliphatic heterocycles. The number of nitrogens with one attached hydrogen (secondary N) is 1. The fourth-order valence-electron chi connectivity index (χ4n) is 4.51. The van der Waals surface area contributed by atoms with Crippen LogP contribution in [-0.4, -0.2) is 44.6 Å². The summed E-state index contributed by atoms with van der Waals surface area (Å²) in [5.41, 5.74) is 0.439. The molecule has 2 aliphatic rings. The maximum absolute atomic E-state index is 13.5. The van der Waals surface area contributed by atoms with Crippen molar-refractivity contribution in [3.05, 3.63) is 29.3 Å². The van der Waals surface area contributed by atoms with Crippen LogP contribution in [0.3, 0.4) is 0 Å². The number of amides is 2. The molecule has 2 amide bonds. The highest BCUT2D eigenvalue weighted by molar-refractivity contribution is 7.13. The quantitative estimate of drug-likeness (QED) is 0.745. The fourth-order valence-corrected chi connectivity index (χ4v) is 5.19. The van der Waals surface area contributed by atoms with E-state index in [1.165, 1.54) is 6.42 Å². The number of thiophene rings is 1. The van der Waals surface area contributed by atoms with E-state index in [0.717, 1.165) is 42.7 Å². The van der Waals surface area contributed by atoms with Crippen LogP contribution in [0.1, 0.15) is 69.8 Å². The number of hydrogen-bond donors (Lipinski definition) is 1. The highest BCUT2D eigenvalue weighted by atomic mass is 32.1. The van der Waals surface area contributed by atoms with Gasteiger partial charge in [-0.2, -0.15) is 5.10 Å². The summed E-state index contributed by atoms with van der Waals surface area (Å²) in [6.07, 6.45) is 6.47. The molecule has 6 nitrogen and oxygen atoms in total. The van der Waals surface area contributed by atoms with Gasteiger partial charge in [0.1, 0.15) is 16.9 Å². The molecule has 1 N–H and O–H groups in total. The largest absolute Gasteiger partial charge is 0.351 e. The Kier molecular flexibility index (Phi) is 6.00. The Morgan fingerprint density at radius 1 is 1.33 bits per heavy atom. The van der Waals surface area contributed by atoms with E-state index in [0.29, 0.717) is 24.7 Å². The van der Waals surface area contributed by atoms with Gasteiger partial charge in [0.15, 0.2) is 0 Å². The number of carbonyl (C=O) groups excluding carboxylic acids is 2. The molecule has 0 spiro atoms. The monoisotopic (exact) mass is 428 g/mol. The molecule has 4 rings (SSSR count). The van der Waals surface area contributed by atoms with E-state index in [4.69, 9.17) is 5.10 Å². The van der Waals surface area contributed by atoms with E-state index in [9.17, 15) is 9.59 Å². The van der Waals surface area contributed by atoms with Gasteiger partial charge in [-0.25, -0.2) is 0 Å². The fraction of sp³-hybridized carbons (Fsp3) is 0.609. The molecule has 1 aliphatic carbocycles. The SMILES string of the molecule is CC(C)CCN1C(=O)c2cc(-c3cccs3)nn2CC1(C)C(=O)NC1CCCCC1. The number of aromatic nitrogens is 2. The topological polar surface area (TPSA) is 67.2 Å². The molecule has 1 unspecified atom stereocenters. The third-order valence-electron chi connectivity index (χ3n) is 6.43. The van der Waals surface area contributed by atoms with Gasteiger partial charge in [-0.05, 0) is 49.6 Å². The number of hydrogen-bond acceptors (Lipinski definition) is 4. The summed E-state index contributed by atoms with van der Waals surface area (Å²) in [6, 6.07) is 6.08. The lowest BCUT2D eigenvalue weighted by Gasteiger charge is -2.44. The second-order valence-electron chi connectivity index (χ2n) is 9.27. The molecule has 2 aromatic rings. The highest BCUT2D eigenvalue weighted by Crippen LogP contribution is 2.32. The van der Waals surface area contributed by atoms with Gasteiger partial charge in [0, 0.05) is 12.6 Å². The van der Waals surface area contributed by atoms with Crippen LogP contribution in [0.5, 0.6) is 0 Å². The molecule has 30 heavy (non-hydrogen) atoms. The van der Waals surface area contributed by atoms with Crippen LogP contribution >= 0.6 is 11.3 Å². The molecular formula is C23H32N4O2S. The van der Waals surface area contributed by atoms with Crippen LogP contribution in [0.15, 0.2) is 23.6 Å². The molecule has 162 valence electrons. The summed E-state index contributed by atoms with van der Waals surface area (Å²) in [7, 11) is 0. The lowest BCUT2D eigenvalue weighted by atomic mass is 9.91. The zero-order valence-corrected chi connectivity index (χ0v) is 19.0. The smallest absolute Gasteiger partial charge is 0.273 e. The third-order valence-corrected chi connectivity index (χ3v) is 7.32. The minimum Gasteiger partial charge on any atom is -0.351 e. The summed E-state index contributed by atoms with van der Waals surface area (Å²) in [4.78, 5) is 29.8. The summed E-state index contributed by atoms with van der Waals surface area (Å²) in [5.74, 6) is 0.306. The van der Waals surface area contributed by atoms with Crippen molar-refractivity contribution in [3.63, 3.8) is 0 Å². The van der Waals surface area contributed by atoms with Crippen molar-refractivity contribution in [3.8, 4) is 10.6 Å². The van der Waals surface area contributed by atoms with Crippen LogP contribution in [0.25, 0.3) is 10.6 Å². The summed E-state index contributed by atoms with van der Waals surface area (Å²) in [5, 5.41) is 9.96. The first-order chi connectivity index (χ1) is 14.4. The predicted octanol–water partition coefficient (Wildman–Crippen LogP) is 4.32. The maximum atomic E-state index is 13.5. The molecule has 2 aromatic heterocycles. The van der Waals surface area contributed by atoms with E-state index in [1.54, 1.807) is 20.9 Å². The van der Waals surface area contributed by atoms with Crippen LogP contribution in [0.4, 0.5) is 0 Å². The minimum atomic E-state index is -0.935. The van der Waals surface area contributed by atoms with Gasteiger partial charge in [-0.1, -0.05) is 39.2 Å². The van der Waals surface area contributed by atoms with Gasteiger partial charge in [0.05, 0.1) is 11.4 Å². The Balaban J connectivity index is 1.64. The molecule has 1 fully saturated rings. The Bertz CT molecular complexity index is 898. The molecule has 1 atom stereocenters. The molecular weight excluding hydrogens is 396 g/mol. The average molecular weight is 429 g/mol. The standard InChI is InChI=1S/C23H32N4O2S/c1-16(2)11-12-26-21(28)19-14-18(20-10-7-13-30-20)25-27(19)15-23(26,3)22(29)24-17-8-5-4-6-9-17/h7,10,13-14,16-17H,4-6,8-9,11-12,15H2,1-3H3,(H,24,29). The van der Waals surface area contributed by atoms with Crippen LogP contribution < -0.4 is 5.32 Å². The molecule has 1 saturated carbocycles. The number of nitrogens with zero attached hydrogens (tertiary/aromatic N) is 3. The van der Waals surface area contributed by atoms with Crippen LogP contribution in [0.2, 0.25) is 0 Å². The predicted molar refractivity (Wildman–Crippen MR) is 119 cm³/mol. The Labute approximate surface area is 182 Å². The first-order valence-electron chi connectivity index (χ1n) is 11.1. The Hall–Kier alpha value is -2.15. The van der Waals surface area contributed by atoms with Crippen molar-refractivity contribution in [2.45, 2.75) is 77.4 Å². The van der Waals surface area contributed by atoms with Crippen molar-refractivity contribution < 1.29 is 9.59 Å². The zero-order chi connectivity index (χ0) is 21.3. The second-order valence-corrected chi connectivity index (χ2v) is 10.2. The van der Waals surface area contributed by atoms with Crippen molar-refractivity contribution in [1.82, 2.24) is 20.0 Å². The van der Waals surface area contributed by atoms with E-state index < -0.39 is 5.54 Å². The molecule has 3 heterocycles. The van der Waals surface area contributed by atoms with Gasteiger partial charge in [0.25, 0.3) is 5.91 Å². The van der Waals surface area contributed by atoms with E-state index in [1.807, 2.05) is 30.5 Å². The molecule has 0 radical (unpaired) electrons. The lowest BCUT2D eigenvalue weighted by Crippen LogP contribution is -2.65. The summed E-state index contributed by atoms with van der Waals surface area (Å²) < 4.78 is 1.74. The minimum absolute atomic E-state index is 0.0506. The molecule has 0 bridgehead atoms. The van der Waals surface area contributed by atoms with Crippen molar-refractivity contribution >= 4 is 23.2 Å². The van der Waals surface area contributed by atoms with Gasteiger partial charge in [0.2, 0.25) is 5.91 Å². The maximum Gasteiger partial charge on any atom is 0.273 e. The van der Waals surface area contributed by atoms with Gasteiger partial charge in [-0.15, -0.1) is 11.3 Å². The van der Waals surface area contributed by atoms with Crippen LogP contribution in [-0.2, 0) is 11.3 Å². The zero-order valence-electron chi connectivity index (χ0n) is 18.2. The van der Waals surface area contributed by atoms with Crippen molar-refractivity contribution in [1.29, 1.82) is 0 Å². The van der Waals surface area contributed by atoms with E-state index >= 15 is 0 Å². The molecule has 7 heteroatoms. The summed E-state index contributed by atoms with van der Waals surface area (Å²) >= 11 is 1.61. The van der Waals surface area contributed by atoms with Gasteiger partial charge < -0.3 is 10.2 Å². The number of carbonyl (C=O) groups is 2. The highest BCUT2D eigenvalue weighted by Gasteiger charge is 2.48. The summed E-state index contributed by atoms with van der Waals surface area (Å²) in [6.45, 7) is 7.15. The number of fused-ring (bicyclic) bond motifs is 1.